The van der Waals surface area contributed by atoms with Gasteiger partial charge in [0, 0.05) is 17.4 Å². The molecule has 2 rings (SSSR count). The molecule has 0 fully saturated rings. The Balaban J connectivity index is 2.40. The Bertz CT molecular complexity index is 876. The van der Waals surface area contributed by atoms with E-state index in [1.165, 1.54) is 12.1 Å². The van der Waals surface area contributed by atoms with E-state index in [1.807, 2.05) is 20.8 Å². The van der Waals surface area contributed by atoms with Gasteiger partial charge < -0.3 is 9.84 Å². The molecule has 24 heavy (non-hydrogen) atoms. The first-order chi connectivity index (χ1) is 10.9. The SMILES string of the molecule is Cc1ccc(S(C)(=O)=O)cc1C(=O)NC(C)(C)c1c(C)noc1C. The predicted molar refractivity (Wildman–Crippen MR) is 90.8 cm³/mol. The van der Waals surface area contributed by atoms with Crippen LogP contribution in [-0.4, -0.2) is 25.7 Å². The molecule has 6 nitrogen and oxygen atoms in total. The number of aromatic nitrogens is 1. The van der Waals surface area contributed by atoms with E-state index < -0.39 is 15.4 Å². The molecular weight excluding hydrogens is 328 g/mol. The summed E-state index contributed by atoms with van der Waals surface area (Å²) in [5.74, 6) is 0.294. The maximum absolute atomic E-state index is 12.7. The standard InChI is InChI=1S/C17H22N2O4S/c1-10-7-8-13(24(6,21)22)9-14(10)16(20)18-17(4,5)15-11(2)19-23-12(15)3/h7-9H,1-6H3,(H,18,20). The normalized spacial score (nSPS) is 12.2. The van der Waals surface area contributed by atoms with E-state index in [4.69, 9.17) is 4.52 Å². The van der Waals surface area contributed by atoms with Crippen LogP contribution in [-0.2, 0) is 15.4 Å². The molecule has 0 spiro atoms. The third-order valence-corrected chi connectivity index (χ3v) is 5.08. The Morgan fingerprint density at radius 2 is 1.83 bits per heavy atom. The van der Waals surface area contributed by atoms with Gasteiger partial charge in [0.15, 0.2) is 9.84 Å². The first-order valence-corrected chi connectivity index (χ1v) is 9.39. The van der Waals surface area contributed by atoms with E-state index in [1.54, 1.807) is 19.9 Å². The molecule has 1 heterocycles. The van der Waals surface area contributed by atoms with Crippen LogP contribution in [0.2, 0.25) is 0 Å². The molecule has 0 aliphatic carbocycles. The molecule has 0 radical (unpaired) electrons. The van der Waals surface area contributed by atoms with Crippen molar-refractivity contribution in [2.45, 2.75) is 45.1 Å². The average molecular weight is 350 g/mol. The highest BCUT2D eigenvalue weighted by molar-refractivity contribution is 7.90. The average Bonchev–Trinajstić information content (AvgIpc) is 2.77. The zero-order chi connectivity index (χ0) is 18.3. The van der Waals surface area contributed by atoms with Crippen molar-refractivity contribution in [3.63, 3.8) is 0 Å². The van der Waals surface area contributed by atoms with Crippen LogP contribution in [0, 0.1) is 20.8 Å². The van der Waals surface area contributed by atoms with Crippen LogP contribution in [0.25, 0.3) is 0 Å². The highest BCUT2D eigenvalue weighted by Gasteiger charge is 2.30. The van der Waals surface area contributed by atoms with E-state index in [2.05, 4.69) is 10.5 Å². The van der Waals surface area contributed by atoms with Gasteiger partial charge in [-0.2, -0.15) is 0 Å². The van der Waals surface area contributed by atoms with Crippen molar-refractivity contribution in [3.05, 3.63) is 46.3 Å². The van der Waals surface area contributed by atoms with E-state index in [0.29, 0.717) is 22.6 Å². The lowest BCUT2D eigenvalue weighted by Crippen LogP contribution is -2.42. The van der Waals surface area contributed by atoms with Crippen LogP contribution in [0.1, 0.15) is 46.8 Å². The lowest BCUT2D eigenvalue weighted by molar-refractivity contribution is 0.0910. The zero-order valence-electron chi connectivity index (χ0n) is 14.7. The van der Waals surface area contributed by atoms with Crippen molar-refractivity contribution < 1.29 is 17.7 Å². The van der Waals surface area contributed by atoms with Gasteiger partial charge >= 0.3 is 0 Å². The monoisotopic (exact) mass is 350 g/mol. The van der Waals surface area contributed by atoms with Gasteiger partial charge in [-0.15, -0.1) is 0 Å². The van der Waals surface area contributed by atoms with Crippen LogP contribution in [0.5, 0.6) is 0 Å². The molecule has 1 N–H and O–H groups in total. The quantitative estimate of drug-likeness (QED) is 0.916. The summed E-state index contributed by atoms with van der Waals surface area (Å²) in [6, 6.07) is 4.54. The number of benzene rings is 1. The van der Waals surface area contributed by atoms with Crippen molar-refractivity contribution >= 4 is 15.7 Å². The Morgan fingerprint density at radius 1 is 1.21 bits per heavy atom. The zero-order valence-corrected chi connectivity index (χ0v) is 15.5. The lowest BCUT2D eigenvalue weighted by Gasteiger charge is -2.27. The van der Waals surface area contributed by atoms with Crippen molar-refractivity contribution in [3.8, 4) is 0 Å². The highest BCUT2D eigenvalue weighted by Crippen LogP contribution is 2.27. The lowest BCUT2D eigenvalue weighted by atomic mass is 9.92. The van der Waals surface area contributed by atoms with Gasteiger partial charge in [0.2, 0.25) is 0 Å². The maximum Gasteiger partial charge on any atom is 0.252 e. The Labute approximate surface area is 142 Å². The number of sulfone groups is 1. The summed E-state index contributed by atoms with van der Waals surface area (Å²) < 4.78 is 28.6. The van der Waals surface area contributed by atoms with Crippen LogP contribution in [0.15, 0.2) is 27.6 Å². The molecule has 0 aliphatic rings. The Morgan fingerprint density at radius 3 is 2.33 bits per heavy atom. The third-order valence-electron chi connectivity index (χ3n) is 3.97. The van der Waals surface area contributed by atoms with Crippen LogP contribution in [0.4, 0.5) is 0 Å². The summed E-state index contributed by atoms with van der Waals surface area (Å²) in [5.41, 5.74) is 1.85. The molecule has 0 saturated carbocycles. The van der Waals surface area contributed by atoms with E-state index in [-0.39, 0.29) is 10.8 Å². The summed E-state index contributed by atoms with van der Waals surface area (Å²) >= 11 is 0. The fourth-order valence-corrected chi connectivity index (χ4v) is 3.51. The van der Waals surface area contributed by atoms with Gasteiger partial charge in [-0.25, -0.2) is 8.42 Å². The van der Waals surface area contributed by atoms with Crippen LogP contribution < -0.4 is 5.32 Å². The van der Waals surface area contributed by atoms with Crippen molar-refractivity contribution in [1.29, 1.82) is 0 Å². The van der Waals surface area contributed by atoms with Gasteiger partial charge in [-0.05, 0) is 52.3 Å². The van der Waals surface area contributed by atoms with Crippen LogP contribution in [0.3, 0.4) is 0 Å². The van der Waals surface area contributed by atoms with Gasteiger partial charge in [0.25, 0.3) is 5.91 Å². The third kappa shape index (κ3) is 3.51. The number of aryl methyl sites for hydroxylation is 3. The van der Waals surface area contributed by atoms with E-state index in [9.17, 15) is 13.2 Å². The minimum Gasteiger partial charge on any atom is -0.361 e. The number of hydrogen-bond donors (Lipinski definition) is 1. The number of nitrogens with one attached hydrogen (secondary N) is 1. The molecule has 2 aromatic rings. The Hall–Kier alpha value is -2.15. The maximum atomic E-state index is 12.7. The van der Waals surface area contributed by atoms with E-state index >= 15 is 0 Å². The second-order valence-electron chi connectivity index (χ2n) is 6.53. The van der Waals surface area contributed by atoms with Gasteiger partial charge in [0.05, 0.1) is 16.1 Å². The molecule has 0 bridgehead atoms. The van der Waals surface area contributed by atoms with Crippen molar-refractivity contribution in [2.75, 3.05) is 6.26 Å². The van der Waals surface area contributed by atoms with Gasteiger partial charge in [0.1, 0.15) is 5.76 Å². The molecule has 1 amide bonds. The number of nitrogens with zero attached hydrogens (tertiary/aromatic N) is 1. The second kappa shape index (κ2) is 6.05. The summed E-state index contributed by atoms with van der Waals surface area (Å²) in [7, 11) is -3.38. The number of hydrogen-bond acceptors (Lipinski definition) is 5. The number of amides is 1. The van der Waals surface area contributed by atoms with Gasteiger partial charge in [-0.1, -0.05) is 11.2 Å². The minimum absolute atomic E-state index is 0.119. The molecule has 0 atom stereocenters. The minimum atomic E-state index is -3.38. The first-order valence-electron chi connectivity index (χ1n) is 7.50. The molecule has 130 valence electrons. The molecule has 1 aromatic carbocycles. The number of carbonyl (C=O) groups is 1. The fourth-order valence-electron chi connectivity index (χ4n) is 2.87. The fraction of sp³-hybridized carbons (Fsp3) is 0.412. The molecule has 0 saturated heterocycles. The molecule has 0 unspecified atom stereocenters. The van der Waals surface area contributed by atoms with Crippen molar-refractivity contribution in [2.24, 2.45) is 0 Å². The summed E-state index contributed by atoms with van der Waals surface area (Å²) in [6.07, 6.45) is 1.12. The topological polar surface area (TPSA) is 89.3 Å². The molecular formula is C17H22N2O4S. The van der Waals surface area contributed by atoms with Crippen LogP contribution >= 0.6 is 0 Å². The van der Waals surface area contributed by atoms with Gasteiger partial charge in [-0.3, -0.25) is 4.79 Å². The summed E-state index contributed by atoms with van der Waals surface area (Å²) in [4.78, 5) is 12.8. The molecule has 0 aliphatic heterocycles. The first kappa shape index (κ1) is 18.2. The largest absolute Gasteiger partial charge is 0.361 e. The smallest absolute Gasteiger partial charge is 0.252 e. The highest BCUT2D eigenvalue weighted by atomic mass is 32.2. The molecule has 7 heteroatoms. The van der Waals surface area contributed by atoms with E-state index in [0.717, 1.165) is 11.8 Å². The number of rotatable bonds is 4. The Kier molecular flexibility index (Phi) is 4.59. The summed E-state index contributed by atoms with van der Waals surface area (Å²) in [6.45, 7) is 9.08. The predicted octanol–water partition coefficient (Wildman–Crippen LogP) is 2.67. The second-order valence-corrected chi connectivity index (χ2v) is 8.54. The summed E-state index contributed by atoms with van der Waals surface area (Å²) in [5, 5.41) is 6.86. The number of carbonyl (C=O) groups excluding carboxylic acids is 1. The molecule has 1 aromatic heterocycles. The van der Waals surface area contributed by atoms with Crippen molar-refractivity contribution in [1.82, 2.24) is 10.5 Å².